The Labute approximate surface area is 146 Å². The average Bonchev–Trinajstić information content (AvgIpc) is 3.08. The van der Waals surface area contributed by atoms with Gasteiger partial charge in [0, 0.05) is 31.4 Å². The molecule has 0 aliphatic carbocycles. The molecule has 1 aliphatic rings. The van der Waals surface area contributed by atoms with Gasteiger partial charge in [0.1, 0.15) is 0 Å². The number of amides is 1. The maximum Gasteiger partial charge on any atom is 0.236 e. The molecule has 0 saturated carbocycles. The minimum Gasteiger partial charge on any atom is -0.301 e. The number of hydrogen-bond donors (Lipinski definition) is 1. The molecule has 0 aromatic carbocycles. The maximum absolute atomic E-state index is 12.0. The SMILES string of the molecule is Cn1nnnc1SCC(=O)Nc1nc2c(s1)CN(S(C)(=O)=O)CC2. The van der Waals surface area contributed by atoms with E-state index in [1.54, 1.807) is 7.05 Å². The second-order valence-corrected chi connectivity index (χ2v) is 9.17. The lowest BCUT2D eigenvalue weighted by Crippen LogP contribution is -2.34. The molecule has 2 aromatic heterocycles. The molecule has 2 aromatic rings. The highest BCUT2D eigenvalue weighted by Crippen LogP contribution is 2.29. The van der Waals surface area contributed by atoms with Crippen molar-refractivity contribution in [2.45, 2.75) is 18.1 Å². The quantitative estimate of drug-likeness (QED) is 0.692. The summed E-state index contributed by atoms with van der Waals surface area (Å²) in [6, 6.07) is 0. The molecule has 0 radical (unpaired) electrons. The van der Waals surface area contributed by atoms with Crippen molar-refractivity contribution in [2.75, 3.05) is 23.9 Å². The molecule has 0 saturated heterocycles. The molecule has 130 valence electrons. The predicted molar refractivity (Wildman–Crippen MR) is 89.2 cm³/mol. The third kappa shape index (κ3) is 3.91. The first-order valence-corrected chi connectivity index (χ1v) is 10.6. The van der Waals surface area contributed by atoms with Crippen LogP contribution in [-0.2, 0) is 34.8 Å². The van der Waals surface area contributed by atoms with Gasteiger partial charge in [0.15, 0.2) is 5.13 Å². The molecule has 1 aliphatic heterocycles. The number of thiazole rings is 1. The first-order chi connectivity index (χ1) is 11.3. The summed E-state index contributed by atoms with van der Waals surface area (Å²) >= 11 is 2.53. The summed E-state index contributed by atoms with van der Waals surface area (Å²) in [6.45, 7) is 0.721. The lowest BCUT2D eigenvalue weighted by Gasteiger charge is -2.23. The van der Waals surface area contributed by atoms with E-state index in [2.05, 4.69) is 25.8 Å². The Morgan fingerprint density at radius 2 is 2.25 bits per heavy atom. The van der Waals surface area contributed by atoms with E-state index in [0.717, 1.165) is 10.6 Å². The molecule has 0 unspecified atom stereocenters. The number of rotatable bonds is 5. The number of anilines is 1. The number of fused-ring (bicyclic) bond motifs is 1. The first-order valence-electron chi connectivity index (χ1n) is 6.91. The zero-order valence-corrected chi connectivity index (χ0v) is 15.4. The van der Waals surface area contributed by atoms with E-state index in [1.165, 1.54) is 38.3 Å². The van der Waals surface area contributed by atoms with Crippen LogP contribution in [-0.4, -0.2) is 62.4 Å². The minimum atomic E-state index is -3.22. The van der Waals surface area contributed by atoms with E-state index in [9.17, 15) is 13.2 Å². The van der Waals surface area contributed by atoms with E-state index in [4.69, 9.17) is 0 Å². The van der Waals surface area contributed by atoms with E-state index in [1.807, 2.05) is 0 Å². The summed E-state index contributed by atoms with van der Waals surface area (Å²) in [4.78, 5) is 17.3. The van der Waals surface area contributed by atoms with Gasteiger partial charge in [0.25, 0.3) is 0 Å². The van der Waals surface area contributed by atoms with Crippen molar-refractivity contribution in [3.63, 3.8) is 0 Å². The van der Waals surface area contributed by atoms with E-state index in [0.29, 0.717) is 29.8 Å². The van der Waals surface area contributed by atoms with Crippen molar-refractivity contribution in [1.82, 2.24) is 29.5 Å². The lowest BCUT2D eigenvalue weighted by atomic mass is 10.2. The number of thioether (sulfide) groups is 1. The van der Waals surface area contributed by atoms with Gasteiger partial charge in [-0.05, 0) is 10.4 Å². The second kappa shape index (κ2) is 6.74. The highest BCUT2D eigenvalue weighted by atomic mass is 32.2. The molecular formula is C11H15N7O3S3. The van der Waals surface area contributed by atoms with Crippen LogP contribution in [0, 0.1) is 0 Å². The van der Waals surface area contributed by atoms with Crippen LogP contribution < -0.4 is 5.32 Å². The largest absolute Gasteiger partial charge is 0.301 e. The number of nitrogens with one attached hydrogen (secondary N) is 1. The molecule has 13 heteroatoms. The molecule has 3 rings (SSSR count). The van der Waals surface area contributed by atoms with Gasteiger partial charge in [-0.25, -0.2) is 18.1 Å². The zero-order chi connectivity index (χ0) is 17.3. The Morgan fingerprint density at radius 1 is 1.46 bits per heavy atom. The molecule has 10 nitrogen and oxygen atoms in total. The van der Waals surface area contributed by atoms with Crippen LogP contribution in [0.25, 0.3) is 0 Å². The van der Waals surface area contributed by atoms with Crippen LogP contribution in [0.2, 0.25) is 0 Å². The van der Waals surface area contributed by atoms with Crippen LogP contribution in [0.1, 0.15) is 10.6 Å². The summed E-state index contributed by atoms with van der Waals surface area (Å²) in [5.74, 6) is -0.0532. The van der Waals surface area contributed by atoms with E-state index < -0.39 is 10.0 Å². The fraction of sp³-hybridized carbons (Fsp3) is 0.545. The highest BCUT2D eigenvalue weighted by Gasteiger charge is 2.26. The number of tetrazole rings is 1. The van der Waals surface area contributed by atoms with E-state index >= 15 is 0 Å². The zero-order valence-electron chi connectivity index (χ0n) is 13.0. The Bertz CT molecular complexity index is 860. The van der Waals surface area contributed by atoms with Crippen LogP contribution in [0.15, 0.2) is 5.16 Å². The van der Waals surface area contributed by atoms with Gasteiger partial charge in [-0.3, -0.25) is 4.79 Å². The summed E-state index contributed by atoms with van der Waals surface area (Å²) in [5, 5.41) is 14.7. The number of aromatic nitrogens is 5. The first kappa shape index (κ1) is 17.3. The molecule has 0 bridgehead atoms. The van der Waals surface area contributed by atoms with Crippen LogP contribution in [0.3, 0.4) is 0 Å². The van der Waals surface area contributed by atoms with Gasteiger partial charge in [0.2, 0.25) is 21.1 Å². The number of aryl methyl sites for hydroxylation is 1. The van der Waals surface area contributed by atoms with Crippen molar-refractivity contribution < 1.29 is 13.2 Å². The summed E-state index contributed by atoms with van der Waals surface area (Å²) in [7, 11) is -1.52. The van der Waals surface area contributed by atoms with Gasteiger partial charge in [-0.1, -0.05) is 11.8 Å². The Kier molecular flexibility index (Phi) is 4.85. The molecule has 1 N–H and O–H groups in total. The van der Waals surface area contributed by atoms with Crippen molar-refractivity contribution in [3.05, 3.63) is 10.6 Å². The number of carbonyl (C=O) groups is 1. The van der Waals surface area contributed by atoms with Crippen LogP contribution in [0.4, 0.5) is 5.13 Å². The second-order valence-electron chi connectivity index (χ2n) is 5.16. The molecule has 0 spiro atoms. The average molecular weight is 389 g/mol. The predicted octanol–water partition coefficient (Wildman–Crippen LogP) is -0.285. The molecule has 0 fully saturated rings. The number of hydrogen-bond acceptors (Lipinski definition) is 9. The molecular weight excluding hydrogens is 374 g/mol. The van der Waals surface area contributed by atoms with Crippen molar-refractivity contribution in [1.29, 1.82) is 0 Å². The van der Waals surface area contributed by atoms with Crippen LogP contribution >= 0.6 is 23.1 Å². The lowest BCUT2D eigenvalue weighted by molar-refractivity contribution is -0.113. The highest BCUT2D eigenvalue weighted by molar-refractivity contribution is 7.99. The smallest absolute Gasteiger partial charge is 0.236 e. The van der Waals surface area contributed by atoms with Crippen molar-refractivity contribution >= 4 is 44.2 Å². The normalized spacial score (nSPS) is 15.2. The fourth-order valence-electron chi connectivity index (χ4n) is 2.14. The molecule has 24 heavy (non-hydrogen) atoms. The van der Waals surface area contributed by atoms with Gasteiger partial charge < -0.3 is 5.32 Å². The summed E-state index contributed by atoms with van der Waals surface area (Å²) in [5.41, 5.74) is 0.848. The van der Waals surface area contributed by atoms with Crippen LogP contribution in [0.5, 0.6) is 0 Å². The summed E-state index contributed by atoms with van der Waals surface area (Å²) in [6.07, 6.45) is 1.74. The fourth-order valence-corrected chi connectivity index (χ4v) is 4.70. The third-order valence-corrected chi connectivity index (χ3v) is 6.58. The Morgan fingerprint density at radius 3 is 2.92 bits per heavy atom. The van der Waals surface area contributed by atoms with Crippen molar-refractivity contribution in [3.8, 4) is 0 Å². The maximum atomic E-state index is 12.0. The number of sulfonamides is 1. The van der Waals surface area contributed by atoms with Crippen molar-refractivity contribution in [2.24, 2.45) is 7.05 Å². The van der Waals surface area contributed by atoms with E-state index in [-0.39, 0.29) is 11.7 Å². The third-order valence-electron chi connectivity index (χ3n) is 3.33. The van der Waals surface area contributed by atoms with Gasteiger partial charge >= 0.3 is 0 Å². The molecule has 1 amide bonds. The Balaban J connectivity index is 1.60. The minimum absolute atomic E-state index is 0.161. The molecule has 3 heterocycles. The van der Waals surface area contributed by atoms with Gasteiger partial charge in [0.05, 0.1) is 17.7 Å². The summed E-state index contributed by atoms with van der Waals surface area (Å²) < 4.78 is 26.1. The Hall–Kier alpha value is -1.57. The number of carbonyl (C=O) groups excluding carboxylic acids is 1. The number of nitrogens with zero attached hydrogens (tertiary/aromatic N) is 6. The monoisotopic (exact) mass is 389 g/mol. The standard InChI is InChI=1S/C11H15N7O3S3/c1-17-11(14-15-16-17)22-6-9(19)13-10-12-7-3-4-18(24(2,20)21)5-8(7)23-10/h3-6H2,1-2H3,(H,12,13,19). The molecule has 0 atom stereocenters. The van der Waals surface area contributed by atoms with Gasteiger partial charge in [-0.15, -0.1) is 16.4 Å². The van der Waals surface area contributed by atoms with Gasteiger partial charge in [-0.2, -0.15) is 4.31 Å². The topological polar surface area (TPSA) is 123 Å².